The van der Waals surface area contributed by atoms with Crippen LogP contribution in [0.4, 0.5) is 11.5 Å². The molecule has 0 bridgehead atoms. The molecule has 1 aromatic carbocycles. The van der Waals surface area contributed by atoms with Crippen molar-refractivity contribution in [3.63, 3.8) is 0 Å². The summed E-state index contributed by atoms with van der Waals surface area (Å²) in [6.45, 7) is 2.65. The van der Waals surface area contributed by atoms with Crippen molar-refractivity contribution in [2.45, 2.75) is 24.9 Å². The second-order valence-corrected chi connectivity index (χ2v) is 7.17. The van der Waals surface area contributed by atoms with Crippen molar-refractivity contribution < 1.29 is 4.79 Å². The third-order valence-electron chi connectivity index (χ3n) is 3.88. The second kappa shape index (κ2) is 9.14. The first-order chi connectivity index (χ1) is 13.2. The molecular formula is C20H21N5OS. The van der Waals surface area contributed by atoms with Crippen LogP contribution >= 0.6 is 11.8 Å². The lowest BCUT2D eigenvalue weighted by atomic mass is 10.0. The standard InChI is InChI=1S/C20H21N5OS/c1-2-27-19-13-24-17(12-25-19)18(26)10-14-5-3-6-15(9-14)11-23-16-7-4-8-22-20(16)21/h3-9,12-13,23H,2,10-11H2,1H3,(H2,21,22). The third kappa shape index (κ3) is 5.27. The number of carbonyl (C=O) groups excluding carboxylic acids is 1. The van der Waals surface area contributed by atoms with Crippen LogP contribution < -0.4 is 11.1 Å². The maximum atomic E-state index is 12.5. The molecule has 0 atom stereocenters. The highest BCUT2D eigenvalue weighted by atomic mass is 32.2. The number of thioether (sulfide) groups is 1. The average Bonchev–Trinajstić information content (AvgIpc) is 2.68. The van der Waals surface area contributed by atoms with E-state index in [-0.39, 0.29) is 12.2 Å². The van der Waals surface area contributed by atoms with Crippen molar-refractivity contribution in [3.8, 4) is 0 Å². The van der Waals surface area contributed by atoms with E-state index in [0.717, 1.165) is 27.6 Å². The number of Topliss-reactive ketones (excluding diaryl/α,β-unsaturated/α-hetero) is 1. The molecule has 3 N–H and O–H groups in total. The third-order valence-corrected chi connectivity index (χ3v) is 4.68. The molecule has 0 saturated heterocycles. The van der Waals surface area contributed by atoms with Gasteiger partial charge < -0.3 is 11.1 Å². The Bertz CT molecular complexity index is 914. The number of aromatic nitrogens is 3. The first-order valence-electron chi connectivity index (χ1n) is 8.66. The maximum absolute atomic E-state index is 12.5. The first kappa shape index (κ1) is 18.8. The normalized spacial score (nSPS) is 10.6. The van der Waals surface area contributed by atoms with E-state index in [0.29, 0.717) is 18.1 Å². The quantitative estimate of drug-likeness (QED) is 0.456. The van der Waals surface area contributed by atoms with Crippen LogP contribution in [-0.2, 0) is 13.0 Å². The Hall–Kier alpha value is -2.93. The molecule has 0 unspecified atom stereocenters. The van der Waals surface area contributed by atoms with E-state index in [1.807, 2.05) is 36.4 Å². The van der Waals surface area contributed by atoms with E-state index < -0.39 is 0 Å². The summed E-state index contributed by atoms with van der Waals surface area (Å²) in [5, 5.41) is 4.09. The molecule has 138 valence electrons. The smallest absolute Gasteiger partial charge is 0.187 e. The van der Waals surface area contributed by atoms with Crippen molar-refractivity contribution in [1.82, 2.24) is 15.0 Å². The summed E-state index contributed by atoms with van der Waals surface area (Å²) in [4.78, 5) is 25.0. The number of pyridine rings is 1. The Morgan fingerprint density at radius 1 is 1.11 bits per heavy atom. The van der Waals surface area contributed by atoms with Crippen LogP contribution in [-0.4, -0.2) is 26.5 Å². The van der Waals surface area contributed by atoms with Crippen LogP contribution in [0.1, 0.15) is 28.5 Å². The highest BCUT2D eigenvalue weighted by Gasteiger charge is 2.10. The SMILES string of the molecule is CCSc1cnc(C(=O)Cc2cccc(CNc3cccnc3N)c2)cn1. The summed E-state index contributed by atoms with van der Waals surface area (Å²) in [6, 6.07) is 11.6. The summed E-state index contributed by atoms with van der Waals surface area (Å²) in [5.41, 5.74) is 9.02. The summed E-state index contributed by atoms with van der Waals surface area (Å²) in [6.07, 6.45) is 5.15. The lowest BCUT2D eigenvalue weighted by Crippen LogP contribution is -2.08. The lowest BCUT2D eigenvalue weighted by molar-refractivity contribution is 0.0987. The van der Waals surface area contributed by atoms with E-state index >= 15 is 0 Å². The largest absolute Gasteiger partial charge is 0.382 e. The van der Waals surface area contributed by atoms with Crippen LogP contribution in [0, 0.1) is 0 Å². The van der Waals surface area contributed by atoms with Crippen molar-refractivity contribution in [1.29, 1.82) is 0 Å². The number of nitrogens with two attached hydrogens (primary N) is 1. The summed E-state index contributed by atoms with van der Waals surface area (Å²) in [5.74, 6) is 1.34. The molecule has 0 aliphatic heterocycles. The Balaban J connectivity index is 1.63. The van der Waals surface area contributed by atoms with Gasteiger partial charge in [-0.2, -0.15) is 0 Å². The molecule has 0 amide bonds. The molecule has 27 heavy (non-hydrogen) atoms. The van der Waals surface area contributed by atoms with Gasteiger partial charge in [-0.15, -0.1) is 11.8 Å². The Kier molecular flexibility index (Phi) is 6.38. The molecule has 3 aromatic rings. The molecule has 2 aromatic heterocycles. The van der Waals surface area contributed by atoms with Crippen LogP contribution in [0.3, 0.4) is 0 Å². The van der Waals surface area contributed by atoms with E-state index in [1.165, 1.54) is 0 Å². The number of anilines is 2. The van der Waals surface area contributed by atoms with Gasteiger partial charge in [0.25, 0.3) is 0 Å². The minimum atomic E-state index is -0.0443. The molecule has 0 saturated carbocycles. The summed E-state index contributed by atoms with van der Waals surface area (Å²) in [7, 11) is 0. The van der Waals surface area contributed by atoms with Gasteiger partial charge in [0.15, 0.2) is 5.78 Å². The number of rotatable bonds is 8. The van der Waals surface area contributed by atoms with E-state index in [4.69, 9.17) is 5.73 Å². The molecular weight excluding hydrogens is 358 g/mol. The van der Waals surface area contributed by atoms with Gasteiger partial charge in [0.1, 0.15) is 16.5 Å². The predicted octanol–water partition coefficient (Wildman–Crippen LogP) is 3.60. The summed E-state index contributed by atoms with van der Waals surface area (Å²) < 4.78 is 0. The minimum absolute atomic E-state index is 0.0443. The van der Waals surface area contributed by atoms with Crippen molar-refractivity contribution in [2.75, 3.05) is 16.8 Å². The number of ketones is 1. The van der Waals surface area contributed by atoms with E-state index in [2.05, 4.69) is 27.2 Å². The number of hydrogen-bond acceptors (Lipinski definition) is 7. The monoisotopic (exact) mass is 379 g/mol. The summed E-state index contributed by atoms with van der Waals surface area (Å²) >= 11 is 1.60. The van der Waals surface area contributed by atoms with Crippen LogP contribution in [0.15, 0.2) is 60.0 Å². The van der Waals surface area contributed by atoms with Gasteiger partial charge in [-0.3, -0.25) is 4.79 Å². The van der Waals surface area contributed by atoms with Crippen LogP contribution in [0.25, 0.3) is 0 Å². The predicted molar refractivity (Wildman–Crippen MR) is 109 cm³/mol. The molecule has 3 rings (SSSR count). The van der Waals surface area contributed by atoms with Gasteiger partial charge in [-0.05, 0) is 29.0 Å². The average molecular weight is 379 g/mol. The maximum Gasteiger partial charge on any atom is 0.187 e. The van der Waals surface area contributed by atoms with Crippen LogP contribution in [0.2, 0.25) is 0 Å². The number of nitrogens with one attached hydrogen (secondary N) is 1. The number of carbonyl (C=O) groups is 1. The first-order valence-corrected chi connectivity index (χ1v) is 9.64. The highest BCUT2D eigenvalue weighted by Crippen LogP contribution is 2.17. The van der Waals surface area contributed by atoms with Gasteiger partial charge in [0.2, 0.25) is 0 Å². The number of nitrogens with zero attached hydrogens (tertiary/aromatic N) is 3. The topological polar surface area (TPSA) is 93.8 Å². The van der Waals surface area contributed by atoms with Crippen molar-refractivity contribution in [3.05, 3.63) is 71.8 Å². The van der Waals surface area contributed by atoms with Crippen LogP contribution in [0.5, 0.6) is 0 Å². The Labute approximate surface area is 162 Å². The zero-order chi connectivity index (χ0) is 19.1. The molecule has 0 fully saturated rings. The zero-order valence-corrected chi connectivity index (χ0v) is 15.9. The fourth-order valence-electron chi connectivity index (χ4n) is 2.57. The van der Waals surface area contributed by atoms with Gasteiger partial charge in [0.05, 0.1) is 18.1 Å². The minimum Gasteiger partial charge on any atom is -0.382 e. The zero-order valence-electron chi connectivity index (χ0n) is 15.1. The number of nitrogen functional groups attached to an aromatic ring is 1. The lowest BCUT2D eigenvalue weighted by Gasteiger charge is -2.09. The Morgan fingerprint density at radius 3 is 2.70 bits per heavy atom. The van der Waals surface area contributed by atoms with Gasteiger partial charge in [-0.1, -0.05) is 31.2 Å². The van der Waals surface area contributed by atoms with Crippen molar-refractivity contribution >= 4 is 29.1 Å². The fourth-order valence-corrected chi connectivity index (χ4v) is 3.12. The molecule has 0 radical (unpaired) electrons. The second-order valence-electron chi connectivity index (χ2n) is 5.88. The van der Waals surface area contributed by atoms with E-state index in [1.54, 1.807) is 30.4 Å². The molecule has 7 heteroatoms. The Morgan fingerprint density at radius 2 is 1.96 bits per heavy atom. The molecule has 0 aliphatic rings. The molecule has 2 heterocycles. The number of hydrogen-bond donors (Lipinski definition) is 2. The van der Waals surface area contributed by atoms with Gasteiger partial charge in [-0.25, -0.2) is 15.0 Å². The van der Waals surface area contributed by atoms with Crippen molar-refractivity contribution in [2.24, 2.45) is 0 Å². The van der Waals surface area contributed by atoms with Gasteiger partial charge >= 0.3 is 0 Å². The van der Waals surface area contributed by atoms with E-state index in [9.17, 15) is 4.79 Å². The van der Waals surface area contributed by atoms with Gasteiger partial charge in [0, 0.05) is 19.2 Å². The fraction of sp³-hybridized carbons (Fsp3) is 0.200. The number of benzene rings is 1. The molecule has 6 nitrogen and oxygen atoms in total. The molecule has 0 spiro atoms. The highest BCUT2D eigenvalue weighted by molar-refractivity contribution is 7.99. The molecule has 0 aliphatic carbocycles.